The molecule has 2 aromatic rings. The summed E-state index contributed by atoms with van der Waals surface area (Å²) in [6.45, 7) is 4.52. The molecule has 100 valence electrons. The standard InChI is InChI=1S/C16H18FNO/c1-11-7-8-13(9-12(11)2)19-16-6-4-5-15(17)14(16)10-18-3/h4-9,18H,10H2,1-3H3. The molecule has 2 rings (SSSR count). The van der Waals surface area contributed by atoms with Crippen LogP contribution < -0.4 is 10.1 Å². The van der Waals surface area contributed by atoms with E-state index in [1.807, 2.05) is 32.0 Å². The van der Waals surface area contributed by atoms with Crippen molar-refractivity contribution in [3.05, 3.63) is 58.9 Å². The number of nitrogens with one attached hydrogen (secondary N) is 1. The van der Waals surface area contributed by atoms with E-state index in [-0.39, 0.29) is 5.82 Å². The van der Waals surface area contributed by atoms with Crippen molar-refractivity contribution in [1.82, 2.24) is 5.32 Å². The number of hydrogen-bond acceptors (Lipinski definition) is 2. The summed E-state index contributed by atoms with van der Waals surface area (Å²) in [5.74, 6) is 1.03. The lowest BCUT2D eigenvalue weighted by molar-refractivity contribution is 0.464. The van der Waals surface area contributed by atoms with Gasteiger partial charge in [-0.05, 0) is 56.3 Å². The van der Waals surface area contributed by atoms with Crippen molar-refractivity contribution in [3.63, 3.8) is 0 Å². The van der Waals surface area contributed by atoms with Crippen LogP contribution in [0.2, 0.25) is 0 Å². The third-order valence-electron chi connectivity index (χ3n) is 3.14. The third-order valence-corrected chi connectivity index (χ3v) is 3.14. The fraction of sp³-hybridized carbons (Fsp3) is 0.250. The van der Waals surface area contributed by atoms with Crippen LogP contribution in [-0.4, -0.2) is 7.05 Å². The summed E-state index contributed by atoms with van der Waals surface area (Å²) in [5, 5.41) is 2.95. The second kappa shape index (κ2) is 5.85. The van der Waals surface area contributed by atoms with Gasteiger partial charge in [-0.3, -0.25) is 0 Å². The van der Waals surface area contributed by atoms with E-state index in [0.29, 0.717) is 17.9 Å². The van der Waals surface area contributed by atoms with Crippen LogP contribution in [0.25, 0.3) is 0 Å². The van der Waals surface area contributed by atoms with Crippen LogP contribution >= 0.6 is 0 Å². The minimum absolute atomic E-state index is 0.254. The molecule has 0 aliphatic rings. The number of ether oxygens (including phenoxy) is 1. The predicted octanol–water partition coefficient (Wildman–Crippen LogP) is 3.95. The Balaban J connectivity index is 2.32. The summed E-state index contributed by atoms with van der Waals surface area (Å²) in [5.41, 5.74) is 2.91. The van der Waals surface area contributed by atoms with Crippen molar-refractivity contribution < 1.29 is 9.13 Å². The van der Waals surface area contributed by atoms with Gasteiger partial charge in [0.15, 0.2) is 0 Å². The van der Waals surface area contributed by atoms with Crippen molar-refractivity contribution in [3.8, 4) is 11.5 Å². The van der Waals surface area contributed by atoms with Crippen molar-refractivity contribution in [1.29, 1.82) is 0 Å². The van der Waals surface area contributed by atoms with Gasteiger partial charge in [0.05, 0.1) is 0 Å². The predicted molar refractivity (Wildman–Crippen MR) is 75.2 cm³/mol. The molecule has 3 heteroatoms. The zero-order valence-electron chi connectivity index (χ0n) is 11.5. The van der Waals surface area contributed by atoms with Crippen molar-refractivity contribution in [2.24, 2.45) is 0 Å². The van der Waals surface area contributed by atoms with Crippen molar-refractivity contribution >= 4 is 0 Å². The first-order chi connectivity index (χ1) is 9.11. The highest BCUT2D eigenvalue weighted by molar-refractivity contribution is 5.41. The highest BCUT2D eigenvalue weighted by Gasteiger charge is 2.09. The molecule has 0 unspecified atom stereocenters. The lowest BCUT2D eigenvalue weighted by Gasteiger charge is -2.12. The van der Waals surface area contributed by atoms with Gasteiger partial charge in [-0.25, -0.2) is 4.39 Å². The van der Waals surface area contributed by atoms with Gasteiger partial charge in [-0.1, -0.05) is 12.1 Å². The van der Waals surface area contributed by atoms with Gasteiger partial charge < -0.3 is 10.1 Å². The molecule has 0 aromatic heterocycles. The number of aryl methyl sites for hydroxylation is 2. The molecule has 0 radical (unpaired) electrons. The second-order valence-corrected chi connectivity index (χ2v) is 4.59. The second-order valence-electron chi connectivity index (χ2n) is 4.59. The zero-order chi connectivity index (χ0) is 13.8. The maximum Gasteiger partial charge on any atom is 0.134 e. The lowest BCUT2D eigenvalue weighted by Crippen LogP contribution is -2.08. The minimum Gasteiger partial charge on any atom is -0.457 e. The topological polar surface area (TPSA) is 21.3 Å². The molecular weight excluding hydrogens is 241 g/mol. The van der Waals surface area contributed by atoms with E-state index < -0.39 is 0 Å². The SMILES string of the molecule is CNCc1c(F)cccc1Oc1ccc(C)c(C)c1. The van der Waals surface area contributed by atoms with Crippen LogP contribution in [0, 0.1) is 19.7 Å². The first-order valence-corrected chi connectivity index (χ1v) is 6.29. The van der Waals surface area contributed by atoms with Crippen molar-refractivity contribution in [2.75, 3.05) is 7.05 Å². The Kier molecular flexibility index (Phi) is 4.17. The van der Waals surface area contributed by atoms with E-state index in [2.05, 4.69) is 5.32 Å². The Bertz CT molecular complexity index is 581. The first kappa shape index (κ1) is 13.6. The Labute approximate surface area is 113 Å². The van der Waals surface area contributed by atoms with Gasteiger partial charge in [0.1, 0.15) is 17.3 Å². The van der Waals surface area contributed by atoms with E-state index in [9.17, 15) is 4.39 Å². The Hall–Kier alpha value is -1.87. The zero-order valence-corrected chi connectivity index (χ0v) is 11.5. The smallest absolute Gasteiger partial charge is 0.134 e. The molecule has 0 saturated heterocycles. The van der Waals surface area contributed by atoms with E-state index in [1.54, 1.807) is 19.2 Å². The molecule has 0 fully saturated rings. The minimum atomic E-state index is -0.254. The number of hydrogen-bond donors (Lipinski definition) is 1. The van der Waals surface area contributed by atoms with Crippen LogP contribution in [0.4, 0.5) is 4.39 Å². The third kappa shape index (κ3) is 3.12. The molecule has 2 nitrogen and oxygen atoms in total. The summed E-state index contributed by atoms with van der Waals surface area (Å²) in [6.07, 6.45) is 0. The molecule has 0 amide bonds. The van der Waals surface area contributed by atoms with E-state index in [1.165, 1.54) is 11.6 Å². The Morgan fingerprint density at radius 3 is 2.58 bits per heavy atom. The molecule has 0 heterocycles. The number of rotatable bonds is 4. The summed E-state index contributed by atoms with van der Waals surface area (Å²) >= 11 is 0. The lowest BCUT2D eigenvalue weighted by atomic mass is 10.1. The van der Waals surface area contributed by atoms with Crippen molar-refractivity contribution in [2.45, 2.75) is 20.4 Å². The summed E-state index contributed by atoms with van der Waals surface area (Å²) in [4.78, 5) is 0. The fourth-order valence-electron chi connectivity index (χ4n) is 1.89. The van der Waals surface area contributed by atoms with E-state index >= 15 is 0 Å². The molecule has 0 aliphatic carbocycles. The van der Waals surface area contributed by atoms with E-state index in [0.717, 1.165) is 11.3 Å². The normalized spacial score (nSPS) is 10.5. The molecule has 0 saturated carbocycles. The van der Waals surface area contributed by atoms with Gasteiger partial charge in [-0.15, -0.1) is 0 Å². The summed E-state index contributed by atoms with van der Waals surface area (Å²) in [6, 6.07) is 10.7. The number of halogens is 1. The first-order valence-electron chi connectivity index (χ1n) is 6.29. The molecule has 19 heavy (non-hydrogen) atoms. The van der Waals surface area contributed by atoms with Crippen LogP contribution in [0.3, 0.4) is 0 Å². The molecular formula is C16H18FNO. The molecule has 0 atom stereocenters. The van der Waals surface area contributed by atoms with Gasteiger partial charge in [-0.2, -0.15) is 0 Å². The summed E-state index contributed by atoms with van der Waals surface area (Å²) in [7, 11) is 1.78. The number of benzene rings is 2. The van der Waals surface area contributed by atoms with Crippen LogP contribution in [-0.2, 0) is 6.54 Å². The van der Waals surface area contributed by atoms with Crippen LogP contribution in [0.15, 0.2) is 36.4 Å². The van der Waals surface area contributed by atoms with Gasteiger partial charge >= 0.3 is 0 Å². The molecule has 2 aromatic carbocycles. The highest BCUT2D eigenvalue weighted by atomic mass is 19.1. The maximum absolute atomic E-state index is 13.8. The average molecular weight is 259 g/mol. The largest absolute Gasteiger partial charge is 0.457 e. The van der Waals surface area contributed by atoms with E-state index in [4.69, 9.17) is 4.74 Å². The molecule has 0 spiro atoms. The fourth-order valence-corrected chi connectivity index (χ4v) is 1.89. The quantitative estimate of drug-likeness (QED) is 0.897. The summed E-state index contributed by atoms with van der Waals surface area (Å²) < 4.78 is 19.6. The van der Waals surface area contributed by atoms with Gasteiger partial charge in [0.2, 0.25) is 0 Å². The average Bonchev–Trinajstić information content (AvgIpc) is 2.38. The van der Waals surface area contributed by atoms with Gasteiger partial charge in [0.25, 0.3) is 0 Å². The Morgan fingerprint density at radius 1 is 1.11 bits per heavy atom. The monoisotopic (exact) mass is 259 g/mol. The Morgan fingerprint density at radius 2 is 1.89 bits per heavy atom. The highest BCUT2D eigenvalue weighted by Crippen LogP contribution is 2.28. The van der Waals surface area contributed by atoms with Crippen LogP contribution in [0.5, 0.6) is 11.5 Å². The molecule has 0 bridgehead atoms. The maximum atomic E-state index is 13.8. The molecule has 1 N–H and O–H groups in total. The molecule has 0 aliphatic heterocycles. The van der Waals surface area contributed by atoms with Gasteiger partial charge in [0, 0.05) is 12.1 Å². The van der Waals surface area contributed by atoms with Crippen LogP contribution in [0.1, 0.15) is 16.7 Å².